The van der Waals surface area contributed by atoms with E-state index in [0.29, 0.717) is 0 Å². The topological polar surface area (TPSA) is 55.1 Å². The molecule has 1 rings (SSSR count). The van der Waals surface area contributed by atoms with Crippen LogP contribution in [0.4, 0.5) is 10.5 Å². The lowest BCUT2D eigenvalue weighted by Crippen LogP contribution is -2.21. The Bertz CT molecular complexity index is 427. The number of nitrogens with two attached hydrogens (primary N) is 1. The summed E-state index contributed by atoms with van der Waals surface area (Å²) in [4.78, 5) is 11.1. The summed E-state index contributed by atoms with van der Waals surface area (Å²) < 4.78 is 0. The van der Waals surface area contributed by atoms with Crippen molar-refractivity contribution in [1.29, 1.82) is 0 Å². The molecule has 0 aromatic heterocycles. The number of nitrogens with one attached hydrogen (secondary N) is 1. The van der Waals surface area contributed by atoms with Crippen molar-refractivity contribution < 1.29 is 4.79 Å². The van der Waals surface area contributed by atoms with E-state index < -0.39 is 6.03 Å². The van der Waals surface area contributed by atoms with Gasteiger partial charge in [0.1, 0.15) is 0 Å². The third kappa shape index (κ3) is 4.27. The van der Waals surface area contributed by atoms with E-state index in [1.165, 1.54) is 16.7 Å². The standard InChI is InChI=1S/C16H26N2O/c1-4-7-12-10-11-15(18-16(17)19)14(9-6-3)13(12)8-5-2/h10-11H,4-9H2,1-3H3,(H3,17,18,19). The molecule has 0 aliphatic carbocycles. The van der Waals surface area contributed by atoms with Gasteiger partial charge in [0.15, 0.2) is 0 Å². The van der Waals surface area contributed by atoms with Crippen LogP contribution in [0, 0.1) is 0 Å². The Kier molecular flexibility index (Phi) is 6.40. The molecule has 0 spiro atoms. The van der Waals surface area contributed by atoms with Gasteiger partial charge in [0.2, 0.25) is 0 Å². The minimum Gasteiger partial charge on any atom is -0.351 e. The monoisotopic (exact) mass is 262 g/mol. The van der Waals surface area contributed by atoms with Gasteiger partial charge in [-0.3, -0.25) is 0 Å². The molecule has 3 nitrogen and oxygen atoms in total. The smallest absolute Gasteiger partial charge is 0.316 e. The predicted molar refractivity (Wildman–Crippen MR) is 81.6 cm³/mol. The Morgan fingerprint density at radius 1 is 1.00 bits per heavy atom. The van der Waals surface area contributed by atoms with Gasteiger partial charge in [0.25, 0.3) is 0 Å². The van der Waals surface area contributed by atoms with Gasteiger partial charge in [0.05, 0.1) is 0 Å². The summed E-state index contributed by atoms with van der Waals surface area (Å²) in [7, 11) is 0. The van der Waals surface area contributed by atoms with Gasteiger partial charge in [-0.2, -0.15) is 0 Å². The van der Waals surface area contributed by atoms with Crippen LogP contribution < -0.4 is 11.1 Å². The number of urea groups is 1. The van der Waals surface area contributed by atoms with Gasteiger partial charge in [-0.05, 0) is 42.0 Å². The number of anilines is 1. The Balaban J connectivity index is 3.25. The highest BCUT2D eigenvalue weighted by molar-refractivity contribution is 5.89. The Morgan fingerprint density at radius 2 is 1.58 bits per heavy atom. The largest absolute Gasteiger partial charge is 0.351 e. The summed E-state index contributed by atoms with van der Waals surface area (Å²) in [5, 5.41) is 2.77. The highest BCUT2D eigenvalue weighted by atomic mass is 16.2. The summed E-state index contributed by atoms with van der Waals surface area (Å²) in [5.74, 6) is 0. The van der Waals surface area contributed by atoms with Crippen LogP contribution in [0.1, 0.15) is 56.7 Å². The molecule has 0 fully saturated rings. The van der Waals surface area contributed by atoms with Crippen molar-refractivity contribution in [3.63, 3.8) is 0 Å². The average Bonchev–Trinajstić information content (AvgIpc) is 2.36. The maximum Gasteiger partial charge on any atom is 0.316 e. The van der Waals surface area contributed by atoms with Crippen molar-refractivity contribution in [2.45, 2.75) is 59.3 Å². The molecule has 0 unspecified atom stereocenters. The number of hydrogen-bond donors (Lipinski definition) is 2. The first-order chi connectivity index (χ1) is 9.13. The van der Waals surface area contributed by atoms with E-state index in [4.69, 9.17) is 5.73 Å². The first kappa shape index (κ1) is 15.5. The summed E-state index contributed by atoms with van der Waals surface area (Å²) >= 11 is 0. The minimum atomic E-state index is -0.483. The normalized spacial score (nSPS) is 10.5. The highest BCUT2D eigenvalue weighted by Gasteiger charge is 2.12. The molecule has 1 aromatic carbocycles. The molecule has 0 heterocycles. The molecule has 19 heavy (non-hydrogen) atoms. The molecule has 0 aliphatic rings. The second kappa shape index (κ2) is 7.82. The zero-order valence-electron chi connectivity index (χ0n) is 12.4. The van der Waals surface area contributed by atoms with Crippen LogP contribution in [0.15, 0.2) is 12.1 Å². The lowest BCUT2D eigenvalue weighted by atomic mass is 9.91. The first-order valence-electron chi connectivity index (χ1n) is 7.34. The summed E-state index contributed by atoms with van der Waals surface area (Å²) in [5.41, 5.74) is 10.3. The van der Waals surface area contributed by atoms with Crippen LogP contribution >= 0.6 is 0 Å². The molecule has 0 aliphatic heterocycles. The predicted octanol–water partition coefficient (Wildman–Crippen LogP) is 4.03. The zero-order valence-corrected chi connectivity index (χ0v) is 12.4. The maximum absolute atomic E-state index is 11.1. The molecule has 0 atom stereocenters. The van der Waals surface area contributed by atoms with Crippen molar-refractivity contribution in [2.75, 3.05) is 5.32 Å². The quantitative estimate of drug-likeness (QED) is 0.765. The zero-order chi connectivity index (χ0) is 14.3. The number of rotatable bonds is 7. The van der Waals surface area contributed by atoms with Crippen LogP contribution in [-0.2, 0) is 19.3 Å². The molecule has 106 valence electrons. The molecule has 0 saturated carbocycles. The van der Waals surface area contributed by atoms with Crippen LogP contribution in [0.2, 0.25) is 0 Å². The second-order valence-electron chi connectivity index (χ2n) is 4.97. The van der Waals surface area contributed by atoms with E-state index in [9.17, 15) is 4.79 Å². The molecule has 2 amide bonds. The van der Waals surface area contributed by atoms with Crippen LogP contribution in [0.5, 0.6) is 0 Å². The fourth-order valence-electron chi connectivity index (χ4n) is 2.59. The molecule has 1 aromatic rings. The molecule has 3 heteroatoms. The fraction of sp³-hybridized carbons (Fsp3) is 0.562. The van der Waals surface area contributed by atoms with Crippen LogP contribution in [-0.4, -0.2) is 6.03 Å². The second-order valence-corrected chi connectivity index (χ2v) is 4.97. The SMILES string of the molecule is CCCc1ccc(NC(N)=O)c(CCC)c1CCC. The number of carbonyl (C=O) groups excluding carboxylic acids is 1. The Labute approximate surface area is 116 Å². The Hall–Kier alpha value is -1.51. The van der Waals surface area contributed by atoms with Gasteiger partial charge in [-0.15, -0.1) is 0 Å². The number of carbonyl (C=O) groups is 1. The molecule has 0 bridgehead atoms. The van der Waals surface area contributed by atoms with E-state index >= 15 is 0 Å². The van der Waals surface area contributed by atoms with E-state index in [0.717, 1.165) is 44.2 Å². The van der Waals surface area contributed by atoms with Gasteiger partial charge < -0.3 is 11.1 Å². The number of primary amides is 1. The van der Waals surface area contributed by atoms with Gasteiger partial charge >= 0.3 is 6.03 Å². The van der Waals surface area contributed by atoms with E-state index in [2.05, 4.69) is 32.2 Å². The third-order valence-corrected chi connectivity index (χ3v) is 3.31. The van der Waals surface area contributed by atoms with Crippen molar-refractivity contribution in [3.05, 3.63) is 28.8 Å². The lowest BCUT2D eigenvalue weighted by Gasteiger charge is -2.18. The van der Waals surface area contributed by atoms with Gasteiger partial charge in [-0.1, -0.05) is 46.1 Å². The number of amides is 2. The van der Waals surface area contributed by atoms with E-state index in [1.54, 1.807) is 0 Å². The molecular weight excluding hydrogens is 236 g/mol. The molecular formula is C16H26N2O. The molecule has 0 radical (unpaired) electrons. The van der Waals surface area contributed by atoms with E-state index in [-0.39, 0.29) is 0 Å². The van der Waals surface area contributed by atoms with Gasteiger partial charge in [0, 0.05) is 5.69 Å². The van der Waals surface area contributed by atoms with Crippen molar-refractivity contribution in [3.8, 4) is 0 Å². The van der Waals surface area contributed by atoms with Gasteiger partial charge in [-0.25, -0.2) is 4.79 Å². The average molecular weight is 262 g/mol. The maximum atomic E-state index is 11.1. The number of hydrogen-bond acceptors (Lipinski definition) is 1. The first-order valence-corrected chi connectivity index (χ1v) is 7.34. The van der Waals surface area contributed by atoms with Crippen LogP contribution in [0.25, 0.3) is 0 Å². The third-order valence-electron chi connectivity index (χ3n) is 3.31. The fourth-order valence-corrected chi connectivity index (χ4v) is 2.59. The van der Waals surface area contributed by atoms with Crippen molar-refractivity contribution in [1.82, 2.24) is 0 Å². The molecule has 0 saturated heterocycles. The minimum absolute atomic E-state index is 0.483. The molecule has 3 N–H and O–H groups in total. The summed E-state index contributed by atoms with van der Waals surface area (Å²) in [6, 6.07) is 3.65. The van der Waals surface area contributed by atoms with Crippen LogP contribution in [0.3, 0.4) is 0 Å². The van der Waals surface area contributed by atoms with Crippen molar-refractivity contribution in [2.24, 2.45) is 5.73 Å². The summed E-state index contributed by atoms with van der Waals surface area (Å²) in [6.45, 7) is 6.56. The highest BCUT2D eigenvalue weighted by Crippen LogP contribution is 2.27. The number of aryl methyl sites for hydroxylation is 1. The number of benzene rings is 1. The van der Waals surface area contributed by atoms with E-state index in [1.807, 2.05) is 6.07 Å². The van der Waals surface area contributed by atoms with Crippen molar-refractivity contribution >= 4 is 11.7 Å². The summed E-state index contributed by atoms with van der Waals surface area (Å²) in [6.07, 6.45) is 6.49. The lowest BCUT2D eigenvalue weighted by molar-refractivity contribution is 0.259. The Morgan fingerprint density at radius 3 is 2.11 bits per heavy atom.